The summed E-state index contributed by atoms with van der Waals surface area (Å²) in [6.45, 7) is 1.07. The minimum atomic E-state index is 0.0336. The first-order valence-corrected chi connectivity index (χ1v) is 8.85. The topological polar surface area (TPSA) is 66.5 Å². The number of anilines is 1. The van der Waals surface area contributed by atoms with Crippen LogP contribution in [-0.4, -0.2) is 31.2 Å². The van der Waals surface area contributed by atoms with E-state index in [4.69, 9.17) is 0 Å². The Balaban J connectivity index is 1.50. The average molecular weight is 328 g/mol. The number of nitrogens with zero attached hydrogens (tertiary/aromatic N) is 1. The molecule has 0 unspecified atom stereocenters. The van der Waals surface area contributed by atoms with Crippen molar-refractivity contribution in [3.8, 4) is 0 Å². The highest BCUT2D eigenvalue weighted by atomic mass is 16.2. The molecule has 1 heterocycles. The van der Waals surface area contributed by atoms with Crippen LogP contribution in [0.4, 0.5) is 5.69 Å². The Hall–Kier alpha value is -2.17. The van der Waals surface area contributed by atoms with Crippen LogP contribution in [-0.2, 0) is 16.0 Å². The Kier molecular flexibility index (Phi) is 5.28. The summed E-state index contributed by atoms with van der Waals surface area (Å²) in [6.07, 6.45) is 7.35. The van der Waals surface area contributed by atoms with E-state index in [0.717, 1.165) is 49.8 Å². The van der Waals surface area contributed by atoms with Gasteiger partial charge in [-0.15, -0.1) is 0 Å². The fourth-order valence-electron chi connectivity index (χ4n) is 3.66. The monoisotopic (exact) mass is 328 g/mol. The predicted molar refractivity (Wildman–Crippen MR) is 92.1 cm³/mol. The second kappa shape index (κ2) is 7.60. The van der Waals surface area contributed by atoms with E-state index in [1.165, 1.54) is 6.42 Å². The van der Waals surface area contributed by atoms with Gasteiger partial charge in [-0.3, -0.25) is 14.4 Å². The molecule has 128 valence electrons. The number of hydrogen-bond acceptors (Lipinski definition) is 3. The number of nitrogens with one attached hydrogen (secondary N) is 1. The summed E-state index contributed by atoms with van der Waals surface area (Å²) in [5.41, 5.74) is 2.60. The fourth-order valence-corrected chi connectivity index (χ4v) is 3.66. The molecular formula is C19H24N2O3. The minimum absolute atomic E-state index is 0.0336. The lowest BCUT2D eigenvalue weighted by Crippen LogP contribution is -2.33. The first-order chi connectivity index (χ1) is 11.7. The van der Waals surface area contributed by atoms with Crippen molar-refractivity contribution in [1.29, 1.82) is 0 Å². The van der Waals surface area contributed by atoms with E-state index in [1.807, 2.05) is 12.1 Å². The molecule has 1 N–H and O–H groups in total. The van der Waals surface area contributed by atoms with Crippen molar-refractivity contribution in [1.82, 2.24) is 5.32 Å². The number of amides is 2. The second-order valence-corrected chi connectivity index (χ2v) is 6.69. The van der Waals surface area contributed by atoms with Crippen molar-refractivity contribution in [3.05, 3.63) is 29.3 Å². The van der Waals surface area contributed by atoms with Crippen LogP contribution in [0, 0.1) is 5.92 Å². The Bertz CT molecular complexity index is 635. The van der Waals surface area contributed by atoms with Gasteiger partial charge in [-0.25, -0.2) is 0 Å². The Morgan fingerprint density at radius 2 is 2.00 bits per heavy atom. The summed E-state index contributed by atoms with van der Waals surface area (Å²) in [5.74, 6) is 0.257. The van der Waals surface area contributed by atoms with E-state index < -0.39 is 0 Å². The molecule has 3 rings (SSSR count). The number of carbonyl (C=O) groups excluding carboxylic acids is 3. The molecule has 5 nitrogen and oxygen atoms in total. The van der Waals surface area contributed by atoms with Crippen molar-refractivity contribution >= 4 is 23.8 Å². The largest absolute Gasteiger partial charge is 0.355 e. The van der Waals surface area contributed by atoms with Gasteiger partial charge in [0, 0.05) is 36.7 Å². The van der Waals surface area contributed by atoms with E-state index in [2.05, 4.69) is 5.32 Å². The maximum absolute atomic E-state index is 12.3. The van der Waals surface area contributed by atoms with Crippen LogP contribution in [0.3, 0.4) is 0 Å². The Morgan fingerprint density at radius 1 is 1.21 bits per heavy atom. The maximum Gasteiger partial charge on any atom is 0.223 e. The molecule has 1 aliphatic heterocycles. The lowest BCUT2D eigenvalue weighted by molar-refractivity contribution is -0.125. The van der Waals surface area contributed by atoms with Crippen molar-refractivity contribution in [2.24, 2.45) is 5.92 Å². The van der Waals surface area contributed by atoms with E-state index in [-0.39, 0.29) is 17.6 Å². The lowest BCUT2D eigenvalue weighted by atomic mass is 9.88. The van der Waals surface area contributed by atoms with E-state index >= 15 is 0 Å². The quantitative estimate of drug-likeness (QED) is 0.644. The molecule has 0 spiro atoms. The van der Waals surface area contributed by atoms with Gasteiger partial charge in [-0.2, -0.15) is 0 Å². The van der Waals surface area contributed by atoms with Gasteiger partial charge in [0.1, 0.15) is 0 Å². The van der Waals surface area contributed by atoms with Crippen molar-refractivity contribution in [2.75, 3.05) is 18.0 Å². The molecule has 2 amide bonds. The third kappa shape index (κ3) is 3.66. The van der Waals surface area contributed by atoms with Crippen LogP contribution in [0.5, 0.6) is 0 Å². The first kappa shape index (κ1) is 16.7. The summed E-state index contributed by atoms with van der Waals surface area (Å²) in [7, 11) is 0. The van der Waals surface area contributed by atoms with Crippen molar-refractivity contribution < 1.29 is 14.4 Å². The summed E-state index contributed by atoms with van der Waals surface area (Å²) in [5, 5.41) is 2.91. The number of ketones is 1. The molecule has 0 saturated heterocycles. The maximum atomic E-state index is 12.3. The van der Waals surface area contributed by atoms with Crippen molar-refractivity contribution in [2.45, 2.75) is 44.9 Å². The molecule has 0 bridgehead atoms. The molecule has 0 aromatic heterocycles. The predicted octanol–water partition coefficient (Wildman–Crippen LogP) is 2.47. The molecular weight excluding hydrogens is 304 g/mol. The van der Waals surface area contributed by atoms with Crippen LogP contribution in [0.15, 0.2) is 18.2 Å². The summed E-state index contributed by atoms with van der Waals surface area (Å²) < 4.78 is 0. The van der Waals surface area contributed by atoms with Crippen LogP contribution in [0.25, 0.3) is 0 Å². The molecule has 0 atom stereocenters. The van der Waals surface area contributed by atoms with E-state index in [9.17, 15) is 14.4 Å². The zero-order chi connectivity index (χ0) is 16.9. The molecule has 5 heteroatoms. The highest BCUT2D eigenvalue weighted by Gasteiger charge is 2.22. The van der Waals surface area contributed by atoms with Crippen LogP contribution in [0.2, 0.25) is 0 Å². The summed E-state index contributed by atoms with van der Waals surface area (Å²) in [6, 6.07) is 5.49. The second-order valence-electron chi connectivity index (χ2n) is 6.69. The highest BCUT2D eigenvalue weighted by molar-refractivity contribution is 5.97. The van der Waals surface area contributed by atoms with Gasteiger partial charge in [0.2, 0.25) is 12.3 Å². The molecule has 1 aromatic rings. The highest BCUT2D eigenvalue weighted by Crippen LogP contribution is 2.28. The SMILES string of the molecule is O=CN1CCc2cc(C(=O)CCNC(=O)C3CCCCC3)ccc21. The average Bonchev–Trinajstić information content (AvgIpc) is 3.04. The van der Waals surface area contributed by atoms with Gasteiger partial charge < -0.3 is 10.2 Å². The molecule has 0 radical (unpaired) electrons. The zero-order valence-electron chi connectivity index (χ0n) is 13.9. The number of hydrogen-bond donors (Lipinski definition) is 1. The molecule has 2 aliphatic rings. The number of benzene rings is 1. The normalized spacial score (nSPS) is 17.4. The van der Waals surface area contributed by atoms with E-state index in [1.54, 1.807) is 11.0 Å². The molecule has 1 saturated carbocycles. The Labute approximate surface area is 142 Å². The van der Waals surface area contributed by atoms with E-state index in [0.29, 0.717) is 25.1 Å². The van der Waals surface area contributed by atoms with Crippen LogP contribution in [0.1, 0.15) is 54.4 Å². The molecule has 1 fully saturated rings. The van der Waals surface area contributed by atoms with Gasteiger partial charge in [0.15, 0.2) is 5.78 Å². The summed E-state index contributed by atoms with van der Waals surface area (Å²) in [4.78, 5) is 37.0. The third-order valence-corrected chi connectivity index (χ3v) is 5.09. The number of Topliss-reactive ketones (excluding diaryl/α,β-unsaturated/α-hetero) is 1. The number of fused-ring (bicyclic) bond motifs is 1. The third-order valence-electron chi connectivity index (χ3n) is 5.09. The van der Waals surface area contributed by atoms with Crippen LogP contribution < -0.4 is 10.2 Å². The standard InChI is InChI=1S/C19H24N2O3/c22-13-21-11-9-15-12-16(6-7-17(15)21)18(23)8-10-20-19(24)14-4-2-1-3-5-14/h6-7,12-14H,1-5,8-11H2,(H,20,24). The fraction of sp³-hybridized carbons (Fsp3) is 0.526. The van der Waals surface area contributed by atoms with Gasteiger partial charge in [0.05, 0.1) is 0 Å². The molecule has 1 aromatic carbocycles. The zero-order valence-corrected chi connectivity index (χ0v) is 13.9. The van der Waals surface area contributed by atoms with Crippen molar-refractivity contribution in [3.63, 3.8) is 0 Å². The van der Waals surface area contributed by atoms with Gasteiger partial charge >= 0.3 is 0 Å². The number of rotatable bonds is 6. The molecule has 24 heavy (non-hydrogen) atoms. The molecule has 1 aliphatic carbocycles. The lowest BCUT2D eigenvalue weighted by Gasteiger charge is -2.20. The Morgan fingerprint density at radius 3 is 2.75 bits per heavy atom. The first-order valence-electron chi connectivity index (χ1n) is 8.85. The minimum Gasteiger partial charge on any atom is -0.355 e. The van der Waals surface area contributed by atoms with Gasteiger partial charge in [-0.1, -0.05) is 19.3 Å². The van der Waals surface area contributed by atoms with Crippen LogP contribution >= 0.6 is 0 Å². The van der Waals surface area contributed by atoms with Gasteiger partial charge in [0.25, 0.3) is 0 Å². The summed E-state index contributed by atoms with van der Waals surface area (Å²) >= 11 is 0. The smallest absolute Gasteiger partial charge is 0.223 e. The number of carbonyl (C=O) groups is 3. The van der Waals surface area contributed by atoms with Gasteiger partial charge in [-0.05, 0) is 43.0 Å².